The predicted octanol–water partition coefficient (Wildman–Crippen LogP) is 6.58. The van der Waals surface area contributed by atoms with Gasteiger partial charge >= 0.3 is 0 Å². The Balaban J connectivity index is 1.66. The van der Waals surface area contributed by atoms with E-state index in [4.69, 9.17) is 15.0 Å². The molecule has 0 aliphatic carbocycles. The summed E-state index contributed by atoms with van der Waals surface area (Å²) in [6.45, 7) is 4.35. The molecule has 0 atom stereocenters. The molecule has 30 heavy (non-hydrogen) atoms. The number of nitrogens with zero attached hydrogens (tertiary/aromatic N) is 4. The Labute approximate surface area is 175 Å². The average Bonchev–Trinajstić information content (AvgIpc) is 3.18. The van der Waals surface area contributed by atoms with Gasteiger partial charge in [0.2, 0.25) is 0 Å². The molecule has 0 saturated heterocycles. The van der Waals surface area contributed by atoms with Gasteiger partial charge in [-0.1, -0.05) is 60.7 Å². The van der Waals surface area contributed by atoms with Gasteiger partial charge in [-0.25, -0.2) is 9.97 Å². The minimum atomic E-state index is 0.274. The van der Waals surface area contributed by atoms with E-state index in [1.807, 2.05) is 66.9 Å². The third kappa shape index (κ3) is 3.26. The van der Waals surface area contributed by atoms with Crippen LogP contribution in [0.25, 0.3) is 33.5 Å². The van der Waals surface area contributed by atoms with Gasteiger partial charge in [-0.05, 0) is 43.7 Å². The fourth-order valence-electron chi connectivity index (χ4n) is 3.79. The molecule has 4 heteroatoms. The Morgan fingerprint density at radius 3 is 2.43 bits per heavy atom. The number of aromatic nitrogens is 3. The third-order valence-electron chi connectivity index (χ3n) is 5.19. The molecule has 5 rings (SSSR count). The van der Waals surface area contributed by atoms with Crippen LogP contribution < -0.4 is 0 Å². The number of aliphatic imine (C=N–C) groups is 1. The van der Waals surface area contributed by atoms with E-state index in [0.29, 0.717) is 0 Å². The van der Waals surface area contributed by atoms with Gasteiger partial charge in [0.1, 0.15) is 5.69 Å². The SMILES string of the molecule is CC(C)n1c(-c2ccc3cccc(N=Cc4ccccc4)c3n2)nc2ccccc21. The van der Waals surface area contributed by atoms with E-state index in [1.54, 1.807) is 0 Å². The van der Waals surface area contributed by atoms with Gasteiger partial charge in [-0.2, -0.15) is 0 Å². The van der Waals surface area contributed by atoms with Crippen molar-refractivity contribution in [2.45, 2.75) is 19.9 Å². The molecule has 2 heterocycles. The van der Waals surface area contributed by atoms with Crippen LogP contribution in [0.2, 0.25) is 0 Å². The number of benzene rings is 3. The molecule has 0 fully saturated rings. The molecule has 0 saturated carbocycles. The quantitative estimate of drug-likeness (QED) is 0.325. The monoisotopic (exact) mass is 390 g/mol. The number of pyridine rings is 1. The summed E-state index contributed by atoms with van der Waals surface area (Å²) < 4.78 is 2.25. The first-order valence-corrected chi connectivity index (χ1v) is 10.2. The first-order chi connectivity index (χ1) is 14.7. The molecule has 146 valence electrons. The van der Waals surface area contributed by atoms with E-state index in [9.17, 15) is 0 Å². The van der Waals surface area contributed by atoms with Crippen LogP contribution in [0.1, 0.15) is 25.5 Å². The molecule has 0 aliphatic heterocycles. The second-order valence-corrected chi connectivity index (χ2v) is 7.60. The minimum Gasteiger partial charge on any atom is -0.320 e. The maximum absolute atomic E-state index is 5.00. The second kappa shape index (κ2) is 7.56. The zero-order valence-corrected chi connectivity index (χ0v) is 17.0. The molecule has 0 aliphatic rings. The zero-order valence-electron chi connectivity index (χ0n) is 17.0. The lowest BCUT2D eigenvalue weighted by Crippen LogP contribution is -2.04. The van der Waals surface area contributed by atoms with Crippen molar-refractivity contribution in [3.8, 4) is 11.5 Å². The predicted molar refractivity (Wildman–Crippen MR) is 125 cm³/mol. The number of fused-ring (bicyclic) bond motifs is 2. The summed E-state index contributed by atoms with van der Waals surface area (Å²) in [6.07, 6.45) is 1.88. The summed E-state index contributed by atoms with van der Waals surface area (Å²) >= 11 is 0. The Morgan fingerprint density at radius 1 is 0.800 bits per heavy atom. The largest absolute Gasteiger partial charge is 0.320 e. The van der Waals surface area contributed by atoms with Gasteiger partial charge in [0, 0.05) is 17.6 Å². The average molecular weight is 390 g/mol. The number of hydrogen-bond acceptors (Lipinski definition) is 3. The third-order valence-corrected chi connectivity index (χ3v) is 5.19. The molecule has 0 radical (unpaired) electrons. The summed E-state index contributed by atoms with van der Waals surface area (Å²) in [4.78, 5) is 14.6. The van der Waals surface area contributed by atoms with Crippen LogP contribution in [0.4, 0.5) is 5.69 Å². The molecular weight excluding hydrogens is 368 g/mol. The van der Waals surface area contributed by atoms with Gasteiger partial charge in [0.25, 0.3) is 0 Å². The first-order valence-electron chi connectivity index (χ1n) is 10.2. The van der Waals surface area contributed by atoms with Crippen molar-refractivity contribution in [3.05, 3.63) is 90.5 Å². The maximum Gasteiger partial charge on any atom is 0.160 e. The van der Waals surface area contributed by atoms with Crippen LogP contribution in [-0.2, 0) is 0 Å². The highest BCUT2D eigenvalue weighted by Crippen LogP contribution is 2.31. The fraction of sp³-hybridized carbons (Fsp3) is 0.115. The first kappa shape index (κ1) is 18.3. The van der Waals surface area contributed by atoms with E-state index in [1.165, 1.54) is 0 Å². The number of para-hydroxylation sites is 3. The molecule has 0 amide bonds. The molecule has 4 nitrogen and oxygen atoms in total. The van der Waals surface area contributed by atoms with Gasteiger partial charge < -0.3 is 4.57 Å². The van der Waals surface area contributed by atoms with Crippen LogP contribution in [0.3, 0.4) is 0 Å². The number of rotatable bonds is 4. The Kier molecular flexibility index (Phi) is 4.60. The van der Waals surface area contributed by atoms with Crippen molar-refractivity contribution >= 4 is 33.8 Å². The molecule has 3 aromatic carbocycles. The zero-order chi connectivity index (χ0) is 20.5. The summed E-state index contributed by atoms with van der Waals surface area (Å²) in [5.41, 5.74) is 5.76. The smallest absolute Gasteiger partial charge is 0.160 e. The van der Waals surface area contributed by atoms with Crippen molar-refractivity contribution in [3.63, 3.8) is 0 Å². The topological polar surface area (TPSA) is 43.1 Å². The van der Waals surface area contributed by atoms with Crippen molar-refractivity contribution in [1.82, 2.24) is 14.5 Å². The normalized spacial score (nSPS) is 11.8. The lowest BCUT2D eigenvalue weighted by Gasteiger charge is -2.13. The highest BCUT2D eigenvalue weighted by Gasteiger charge is 2.16. The molecular formula is C26H22N4. The van der Waals surface area contributed by atoms with E-state index in [-0.39, 0.29) is 6.04 Å². The molecule has 0 bridgehead atoms. The Bertz CT molecular complexity index is 1360. The van der Waals surface area contributed by atoms with Crippen LogP contribution in [0.5, 0.6) is 0 Å². The van der Waals surface area contributed by atoms with Crippen molar-refractivity contribution < 1.29 is 0 Å². The number of hydrogen-bond donors (Lipinski definition) is 0. The van der Waals surface area contributed by atoms with Crippen LogP contribution >= 0.6 is 0 Å². The molecule has 0 spiro atoms. The highest BCUT2D eigenvalue weighted by atomic mass is 15.1. The van der Waals surface area contributed by atoms with Gasteiger partial charge in [-0.15, -0.1) is 0 Å². The maximum atomic E-state index is 5.00. The van der Waals surface area contributed by atoms with Crippen LogP contribution in [0.15, 0.2) is 89.9 Å². The van der Waals surface area contributed by atoms with Gasteiger partial charge in [0.15, 0.2) is 5.82 Å². The number of imidazole rings is 1. The van der Waals surface area contributed by atoms with Crippen molar-refractivity contribution in [2.75, 3.05) is 0 Å². The highest BCUT2D eigenvalue weighted by molar-refractivity contribution is 5.94. The molecule has 0 N–H and O–H groups in total. The minimum absolute atomic E-state index is 0.274. The van der Waals surface area contributed by atoms with Crippen molar-refractivity contribution in [1.29, 1.82) is 0 Å². The lowest BCUT2D eigenvalue weighted by molar-refractivity contribution is 0.623. The lowest BCUT2D eigenvalue weighted by atomic mass is 10.1. The van der Waals surface area contributed by atoms with Crippen LogP contribution in [-0.4, -0.2) is 20.7 Å². The van der Waals surface area contributed by atoms with E-state index in [0.717, 1.165) is 44.7 Å². The van der Waals surface area contributed by atoms with Gasteiger partial charge in [0.05, 0.1) is 22.2 Å². The summed E-state index contributed by atoms with van der Waals surface area (Å²) in [6, 6.07) is 28.9. The van der Waals surface area contributed by atoms with E-state index >= 15 is 0 Å². The summed E-state index contributed by atoms with van der Waals surface area (Å²) in [5, 5.41) is 1.06. The van der Waals surface area contributed by atoms with Crippen molar-refractivity contribution in [2.24, 2.45) is 4.99 Å². The Morgan fingerprint density at radius 2 is 1.60 bits per heavy atom. The Hall–Kier alpha value is -3.79. The molecule has 2 aromatic heterocycles. The fourth-order valence-corrected chi connectivity index (χ4v) is 3.79. The van der Waals surface area contributed by atoms with E-state index < -0.39 is 0 Å². The molecule has 5 aromatic rings. The second-order valence-electron chi connectivity index (χ2n) is 7.60. The summed E-state index contributed by atoms with van der Waals surface area (Å²) in [5.74, 6) is 0.884. The molecule has 0 unspecified atom stereocenters. The summed E-state index contributed by atoms with van der Waals surface area (Å²) in [7, 11) is 0. The van der Waals surface area contributed by atoms with E-state index in [2.05, 4.69) is 42.7 Å². The van der Waals surface area contributed by atoms with Gasteiger partial charge in [-0.3, -0.25) is 4.99 Å². The standard InChI is InChI=1S/C26H22N4/c1-18(2)30-24-14-7-6-12-21(24)29-26(30)23-16-15-20-11-8-13-22(25(20)28-23)27-17-19-9-4-3-5-10-19/h3-18H,1-2H3. The van der Waals surface area contributed by atoms with Crippen LogP contribution in [0, 0.1) is 0 Å².